The molecule has 5 heteroatoms. The smallest absolute Gasteiger partial charge is 0.151 e. The first-order valence-electron chi connectivity index (χ1n) is 4.78. The molecule has 0 bridgehead atoms. The third kappa shape index (κ3) is 1.13. The lowest BCUT2D eigenvalue weighted by atomic mass is 9.90. The quantitative estimate of drug-likeness (QED) is 0.744. The van der Waals surface area contributed by atoms with Gasteiger partial charge in [-0.3, -0.25) is 0 Å². The third-order valence-corrected chi connectivity index (χ3v) is 3.84. The largest absolute Gasteiger partial charge is 0.347 e. The van der Waals surface area contributed by atoms with E-state index in [9.17, 15) is 0 Å². The third-order valence-electron chi connectivity index (χ3n) is 2.90. The Morgan fingerprint density at radius 1 is 1.64 bits per heavy atom. The number of nitrogens with one attached hydrogen (secondary N) is 1. The number of nitrogens with zero attached hydrogens (tertiary/aromatic N) is 1. The van der Waals surface area contributed by atoms with Gasteiger partial charge in [-0.1, -0.05) is 0 Å². The molecule has 0 aliphatic carbocycles. The highest BCUT2D eigenvalue weighted by Crippen LogP contribution is 2.41. The predicted molar refractivity (Wildman–Crippen MR) is 52.1 cm³/mol. The molecular formula is C9H12N2O2S. The van der Waals surface area contributed by atoms with Crippen LogP contribution < -0.4 is 5.32 Å². The highest BCUT2D eigenvalue weighted by molar-refractivity contribution is 7.09. The average Bonchev–Trinajstić information content (AvgIpc) is 2.87. The van der Waals surface area contributed by atoms with E-state index >= 15 is 0 Å². The number of fused-ring (bicyclic) bond motifs is 1. The van der Waals surface area contributed by atoms with Crippen LogP contribution in [0.1, 0.15) is 11.4 Å². The Labute approximate surface area is 86.2 Å². The number of ether oxygens (including phenoxy) is 2. The molecule has 14 heavy (non-hydrogen) atoms. The Kier molecular flexibility index (Phi) is 2.05. The summed E-state index contributed by atoms with van der Waals surface area (Å²) in [7, 11) is 0. The van der Waals surface area contributed by atoms with E-state index in [-0.39, 0.29) is 11.7 Å². The van der Waals surface area contributed by atoms with Crippen molar-refractivity contribution in [1.82, 2.24) is 10.3 Å². The summed E-state index contributed by atoms with van der Waals surface area (Å²) in [4.78, 5) is 4.36. The van der Waals surface area contributed by atoms with Crippen LogP contribution in [-0.4, -0.2) is 31.0 Å². The zero-order chi connectivity index (χ0) is 9.43. The molecule has 0 aromatic carbocycles. The molecule has 2 aliphatic rings. The fourth-order valence-electron chi connectivity index (χ4n) is 2.15. The SMILES string of the molecule is c1csc([C@@]23CCNC[C@@H]2OCO3)n1. The number of piperidine rings is 1. The van der Waals surface area contributed by atoms with Crippen molar-refractivity contribution < 1.29 is 9.47 Å². The summed E-state index contributed by atoms with van der Waals surface area (Å²) in [6.07, 6.45) is 2.91. The molecule has 1 aromatic heterocycles. The molecule has 1 N–H and O–H groups in total. The Morgan fingerprint density at radius 3 is 3.50 bits per heavy atom. The summed E-state index contributed by atoms with van der Waals surface area (Å²) in [6, 6.07) is 0. The second-order valence-corrected chi connectivity index (χ2v) is 4.49. The highest BCUT2D eigenvalue weighted by atomic mass is 32.1. The summed E-state index contributed by atoms with van der Waals surface area (Å²) >= 11 is 1.65. The van der Waals surface area contributed by atoms with Gasteiger partial charge in [0.15, 0.2) is 5.60 Å². The van der Waals surface area contributed by atoms with E-state index < -0.39 is 0 Å². The van der Waals surface area contributed by atoms with Crippen molar-refractivity contribution >= 4 is 11.3 Å². The van der Waals surface area contributed by atoms with Gasteiger partial charge in [0.25, 0.3) is 0 Å². The maximum atomic E-state index is 5.77. The van der Waals surface area contributed by atoms with Crippen molar-refractivity contribution in [3.05, 3.63) is 16.6 Å². The van der Waals surface area contributed by atoms with Crippen LogP contribution in [0.4, 0.5) is 0 Å². The minimum absolute atomic E-state index is 0.127. The molecule has 3 heterocycles. The highest BCUT2D eigenvalue weighted by Gasteiger charge is 2.50. The molecular weight excluding hydrogens is 200 g/mol. The molecule has 0 unspecified atom stereocenters. The summed E-state index contributed by atoms with van der Waals surface area (Å²) in [5.74, 6) is 0. The Bertz CT molecular complexity index is 317. The van der Waals surface area contributed by atoms with Crippen molar-refractivity contribution in [2.24, 2.45) is 0 Å². The number of hydrogen-bond acceptors (Lipinski definition) is 5. The van der Waals surface area contributed by atoms with Gasteiger partial charge in [-0.15, -0.1) is 11.3 Å². The number of hydrogen-bond donors (Lipinski definition) is 1. The van der Waals surface area contributed by atoms with Gasteiger partial charge in [-0.05, 0) is 13.0 Å². The van der Waals surface area contributed by atoms with Crippen LogP contribution in [0, 0.1) is 0 Å². The first kappa shape index (κ1) is 8.79. The molecule has 76 valence electrons. The summed E-state index contributed by atoms with van der Waals surface area (Å²) in [6.45, 7) is 2.23. The zero-order valence-electron chi connectivity index (χ0n) is 7.73. The Balaban J connectivity index is 1.99. The van der Waals surface area contributed by atoms with Crippen LogP contribution in [0.3, 0.4) is 0 Å². The summed E-state index contributed by atoms with van der Waals surface area (Å²) < 4.78 is 11.3. The minimum atomic E-state index is -0.264. The molecule has 0 amide bonds. The van der Waals surface area contributed by atoms with Gasteiger partial charge in [0, 0.05) is 18.1 Å². The topological polar surface area (TPSA) is 43.4 Å². The fraction of sp³-hybridized carbons (Fsp3) is 0.667. The molecule has 0 spiro atoms. The van der Waals surface area contributed by atoms with E-state index in [0.29, 0.717) is 6.79 Å². The van der Waals surface area contributed by atoms with Crippen LogP contribution in [0.2, 0.25) is 0 Å². The standard InChI is InChI=1S/C9H12N2O2S/c1-2-10-5-7-9(1,13-6-12-7)8-11-3-4-14-8/h3-4,7,10H,1-2,5-6H2/t7-,9+/m0/s1. The van der Waals surface area contributed by atoms with Crippen molar-refractivity contribution in [2.75, 3.05) is 19.9 Å². The second-order valence-electron chi connectivity index (χ2n) is 3.60. The predicted octanol–water partition coefficient (Wildman–Crippen LogP) is 0.705. The number of thiazole rings is 1. The molecule has 0 radical (unpaired) electrons. The zero-order valence-corrected chi connectivity index (χ0v) is 8.55. The first-order valence-corrected chi connectivity index (χ1v) is 5.66. The van der Waals surface area contributed by atoms with Gasteiger partial charge in [0.2, 0.25) is 0 Å². The molecule has 2 aliphatic heterocycles. The van der Waals surface area contributed by atoms with Crippen molar-refractivity contribution in [2.45, 2.75) is 18.1 Å². The van der Waals surface area contributed by atoms with Crippen LogP contribution >= 0.6 is 11.3 Å². The lowest BCUT2D eigenvalue weighted by molar-refractivity contribution is -0.0268. The first-order chi connectivity index (χ1) is 6.92. The van der Waals surface area contributed by atoms with Gasteiger partial charge >= 0.3 is 0 Å². The van der Waals surface area contributed by atoms with Crippen LogP contribution in [0.5, 0.6) is 0 Å². The summed E-state index contributed by atoms with van der Waals surface area (Å²) in [5, 5.41) is 6.36. The van der Waals surface area contributed by atoms with E-state index in [2.05, 4.69) is 10.3 Å². The van der Waals surface area contributed by atoms with Gasteiger partial charge in [0.1, 0.15) is 17.9 Å². The molecule has 0 saturated carbocycles. The van der Waals surface area contributed by atoms with Crippen molar-refractivity contribution in [1.29, 1.82) is 0 Å². The van der Waals surface area contributed by atoms with Gasteiger partial charge in [-0.25, -0.2) is 4.98 Å². The maximum absolute atomic E-state index is 5.77. The van der Waals surface area contributed by atoms with Crippen LogP contribution in [0.25, 0.3) is 0 Å². The molecule has 4 nitrogen and oxygen atoms in total. The minimum Gasteiger partial charge on any atom is -0.347 e. The number of aromatic nitrogens is 1. The van der Waals surface area contributed by atoms with Crippen LogP contribution in [0.15, 0.2) is 11.6 Å². The van der Waals surface area contributed by atoms with Crippen molar-refractivity contribution in [3.63, 3.8) is 0 Å². The van der Waals surface area contributed by atoms with E-state index in [1.807, 2.05) is 11.6 Å². The monoisotopic (exact) mass is 212 g/mol. The van der Waals surface area contributed by atoms with Crippen molar-refractivity contribution in [3.8, 4) is 0 Å². The lowest BCUT2D eigenvalue weighted by Crippen LogP contribution is -2.50. The maximum Gasteiger partial charge on any atom is 0.151 e. The Morgan fingerprint density at radius 2 is 2.64 bits per heavy atom. The van der Waals surface area contributed by atoms with Crippen LogP contribution in [-0.2, 0) is 15.1 Å². The van der Waals surface area contributed by atoms with Gasteiger partial charge in [-0.2, -0.15) is 0 Å². The Hall–Kier alpha value is -0.490. The van der Waals surface area contributed by atoms with E-state index in [1.54, 1.807) is 11.3 Å². The van der Waals surface area contributed by atoms with E-state index in [1.165, 1.54) is 0 Å². The average molecular weight is 212 g/mol. The summed E-state index contributed by atoms with van der Waals surface area (Å²) in [5.41, 5.74) is -0.264. The molecule has 2 fully saturated rings. The second kappa shape index (κ2) is 3.27. The molecule has 2 atom stereocenters. The molecule has 1 aromatic rings. The van der Waals surface area contributed by atoms with Gasteiger partial charge in [0.05, 0.1) is 0 Å². The normalized spacial score (nSPS) is 37.0. The lowest BCUT2D eigenvalue weighted by Gasteiger charge is -2.34. The van der Waals surface area contributed by atoms with Gasteiger partial charge < -0.3 is 14.8 Å². The molecule has 2 saturated heterocycles. The fourth-order valence-corrected chi connectivity index (χ4v) is 3.02. The molecule has 3 rings (SSSR count). The van der Waals surface area contributed by atoms with E-state index in [4.69, 9.17) is 9.47 Å². The van der Waals surface area contributed by atoms with E-state index in [0.717, 1.165) is 24.5 Å². The number of rotatable bonds is 1.